The molecule has 1 aliphatic heterocycles. The number of piperidine rings is 1. The molecule has 4 heterocycles. The minimum absolute atomic E-state index is 0.0336. The van der Waals surface area contributed by atoms with E-state index < -0.39 is 0 Å². The smallest absolute Gasteiger partial charge is 0.330 e. The Hall–Kier alpha value is -2.41. The predicted molar refractivity (Wildman–Crippen MR) is 93.5 cm³/mol. The summed E-state index contributed by atoms with van der Waals surface area (Å²) in [7, 11) is 1.76. The largest absolute Gasteiger partial charge is 0.336 e. The van der Waals surface area contributed by atoms with Crippen LogP contribution in [0.25, 0.3) is 11.2 Å². The van der Waals surface area contributed by atoms with Gasteiger partial charge in [0.05, 0.1) is 16.4 Å². The van der Waals surface area contributed by atoms with Gasteiger partial charge < -0.3 is 4.90 Å². The van der Waals surface area contributed by atoms with E-state index in [1.165, 1.54) is 11.3 Å². The Morgan fingerprint density at radius 3 is 3.00 bits per heavy atom. The monoisotopic (exact) mass is 342 g/mol. The number of amides is 1. The molecule has 0 unspecified atom stereocenters. The number of pyridine rings is 1. The molecular formula is C17H18N4O2S. The molecule has 1 atom stereocenters. The first-order valence-corrected chi connectivity index (χ1v) is 8.89. The van der Waals surface area contributed by atoms with Gasteiger partial charge in [-0.2, -0.15) is 0 Å². The Morgan fingerprint density at radius 1 is 1.33 bits per heavy atom. The van der Waals surface area contributed by atoms with Crippen molar-refractivity contribution < 1.29 is 4.79 Å². The number of fused-ring (bicyclic) bond motifs is 1. The van der Waals surface area contributed by atoms with Crippen molar-refractivity contribution >= 4 is 28.4 Å². The van der Waals surface area contributed by atoms with E-state index in [0.29, 0.717) is 12.2 Å². The van der Waals surface area contributed by atoms with Gasteiger partial charge in [-0.05, 0) is 36.4 Å². The lowest BCUT2D eigenvalue weighted by atomic mass is 10.1. The molecule has 4 rings (SSSR count). The summed E-state index contributed by atoms with van der Waals surface area (Å²) in [5.41, 5.74) is 1.45. The van der Waals surface area contributed by atoms with Gasteiger partial charge >= 0.3 is 5.69 Å². The zero-order chi connectivity index (χ0) is 16.7. The van der Waals surface area contributed by atoms with Crippen LogP contribution in [0.4, 0.5) is 0 Å². The number of carbonyl (C=O) groups is 1. The van der Waals surface area contributed by atoms with Crippen LogP contribution in [0, 0.1) is 0 Å². The van der Waals surface area contributed by atoms with Crippen LogP contribution in [0.1, 0.15) is 28.6 Å². The van der Waals surface area contributed by atoms with Gasteiger partial charge in [-0.1, -0.05) is 6.07 Å². The molecule has 0 N–H and O–H groups in total. The minimum atomic E-state index is -0.0703. The van der Waals surface area contributed by atoms with Crippen molar-refractivity contribution in [2.75, 3.05) is 13.1 Å². The predicted octanol–water partition coefficient (Wildman–Crippen LogP) is 2.27. The van der Waals surface area contributed by atoms with Crippen molar-refractivity contribution in [3.05, 3.63) is 51.2 Å². The second kappa shape index (κ2) is 5.90. The lowest BCUT2D eigenvalue weighted by molar-refractivity contribution is 0.0684. The minimum Gasteiger partial charge on any atom is -0.336 e. The molecule has 0 saturated carbocycles. The van der Waals surface area contributed by atoms with Crippen molar-refractivity contribution in [3.63, 3.8) is 0 Å². The third kappa shape index (κ3) is 2.36. The Morgan fingerprint density at radius 2 is 2.21 bits per heavy atom. The van der Waals surface area contributed by atoms with Crippen molar-refractivity contribution in [1.29, 1.82) is 0 Å². The van der Waals surface area contributed by atoms with E-state index in [1.54, 1.807) is 22.4 Å². The van der Waals surface area contributed by atoms with E-state index in [-0.39, 0.29) is 17.6 Å². The summed E-state index contributed by atoms with van der Waals surface area (Å²) in [5, 5.41) is 1.91. The highest BCUT2D eigenvalue weighted by atomic mass is 32.1. The van der Waals surface area contributed by atoms with Crippen LogP contribution in [0.5, 0.6) is 0 Å². The molecule has 0 radical (unpaired) electrons. The SMILES string of the molecule is Cn1c(=O)n([C@H]2CCCN(C(=O)c3cccs3)C2)c2ncccc21. The van der Waals surface area contributed by atoms with Crippen LogP contribution in [0.2, 0.25) is 0 Å². The number of nitrogens with zero attached hydrogens (tertiary/aromatic N) is 4. The van der Waals surface area contributed by atoms with Gasteiger partial charge in [0.25, 0.3) is 5.91 Å². The molecule has 0 bridgehead atoms. The summed E-state index contributed by atoms with van der Waals surface area (Å²) < 4.78 is 3.38. The number of rotatable bonds is 2. The van der Waals surface area contributed by atoms with E-state index in [0.717, 1.165) is 29.8 Å². The Labute approximate surface area is 143 Å². The number of imidazole rings is 1. The van der Waals surface area contributed by atoms with Crippen molar-refractivity contribution in [2.45, 2.75) is 18.9 Å². The van der Waals surface area contributed by atoms with E-state index in [2.05, 4.69) is 4.98 Å². The normalized spacial score (nSPS) is 18.2. The number of thiophene rings is 1. The summed E-state index contributed by atoms with van der Waals surface area (Å²) in [6.45, 7) is 1.28. The van der Waals surface area contributed by atoms with Crippen molar-refractivity contribution in [3.8, 4) is 0 Å². The molecule has 24 heavy (non-hydrogen) atoms. The second-order valence-corrected chi connectivity index (χ2v) is 7.03. The Kier molecular flexibility index (Phi) is 3.72. The van der Waals surface area contributed by atoms with Crippen LogP contribution in [0.3, 0.4) is 0 Å². The third-order valence-corrected chi connectivity index (χ3v) is 5.49. The van der Waals surface area contributed by atoms with E-state index in [4.69, 9.17) is 0 Å². The zero-order valence-corrected chi connectivity index (χ0v) is 14.2. The van der Waals surface area contributed by atoms with Crippen LogP contribution in [-0.2, 0) is 7.05 Å². The fraction of sp³-hybridized carbons (Fsp3) is 0.353. The van der Waals surface area contributed by atoms with Gasteiger partial charge in [-0.15, -0.1) is 11.3 Å². The highest BCUT2D eigenvalue weighted by molar-refractivity contribution is 7.12. The third-order valence-electron chi connectivity index (χ3n) is 4.63. The van der Waals surface area contributed by atoms with E-state index in [9.17, 15) is 9.59 Å². The second-order valence-electron chi connectivity index (χ2n) is 6.08. The number of hydrogen-bond acceptors (Lipinski definition) is 4. The molecule has 1 saturated heterocycles. The fourth-order valence-corrected chi connectivity index (χ4v) is 4.12. The fourth-order valence-electron chi connectivity index (χ4n) is 3.43. The molecule has 3 aromatic heterocycles. The number of likely N-dealkylation sites (tertiary alicyclic amines) is 1. The van der Waals surface area contributed by atoms with Crippen LogP contribution in [0.15, 0.2) is 40.6 Å². The molecular weight excluding hydrogens is 324 g/mol. The highest BCUT2D eigenvalue weighted by Gasteiger charge is 2.28. The maximum atomic E-state index is 12.7. The maximum Gasteiger partial charge on any atom is 0.330 e. The van der Waals surface area contributed by atoms with Crippen molar-refractivity contribution in [1.82, 2.24) is 19.0 Å². The van der Waals surface area contributed by atoms with Gasteiger partial charge in [0, 0.05) is 26.3 Å². The molecule has 124 valence electrons. The first-order chi connectivity index (χ1) is 11.7. The average Bonchev–Trinajstić information content (AvgIpc) is 3.23. The summed E-state index contributed by atoms with van der Waals surface area (Å²) in [5.74, 6) is 0.0518. The van der Waals surface area contributed by atoms with Crippen LogP contribution >= 0.6 is 11.3 Å². The van der Waals surface area contributed by atoms with E-state index >= 15 is 0 Å². The molecule has 0 aromatic carbocycles. The maximum absolute atomic E-state index is 12.7. The number of aromatic nitrogens is 3. The Bertz CT molecular complexity index is 941. The van der Waals surface area contributed by atoms with E-state index in [1.807, 2.05) is 34.5 Å². The molecule has 3 aromatic rings. The summed E-state index contributed by atoms with van der Waals surface area (Å²) in [6, 6.07) is 7.44. The molecule has 1 amide bonds. The first-order valence-electron chi connectivity index (χ1n) is 8.01. The standard InChI is InChI=1S/C17H18N4O2S/c1-19-13-6-2-8-18-15(13)21(17(19)23)12-5-3-9-20(11-12)16(22)14-7-4-10-24-14/h2,4,6-8,10,12H,3,5,9,11H2,1H3/t12-/m0/s1. The topological polar surface area (TPSA) is 60.1 Å². The van der Waals surface area contributed by atoms with Gasteiger partial charge in [-0.25, -0.2) is 9.78 Å². The zero-order valence-electron chi connectivity index (χ0n) is 13.4. The number of carbonyl (C=O) groups excluding carboxylic acids is 1. The summed E-state index contributed by atoms with van der Waals surface area (Å²) in [6.07, 6.45) is 3.47. The molecule has 6 nitrogen and oxygen atoms in total. The summed E-state index contributed by atoms with van der Waals surface area (Å²) in [4.78, 5) is 32.3. The summed E-state index contributed by atoms with van der Waals surface area (Å²) >= 11 is 1.46. The van der Waals surface area contributed by atoms with Crippen molar-refractivity contribution in [2.24, 2.45) is 7.05 Å². The van der Waals surface area contributed by atoms with Crippen LogP contribution in [-0.4, -0.2) is 38.0 Å². The number of hydrogen-bond donors (Lipinski definition) is 0. The average molecular weight is 342 g/mol. The molecule has 1 fully saturated rings. The highest BCUT2D eigenvalue weighted by Crippen LogP contribution is 2.25. The van der Waals surface area contributed by atoms with Gasteiger partial charge in [-0.3, -0.25) is 13.9 Å². The first kappa shape index (κ1) is 15.1. The van der Waals surface area contributed by atoms with Gasteiger partial charge in [0.2, 0.25) is 0 Å². The quantitative estimate of drug-likeness (QED) is 0.718. The molecule has 1 aliphatic rings. The number of aryl methyl sites for hydroxylation is 1. The lowest BCUT2D eigenvalue weighted by Crippen LogP contribution is -2.42. The van der Waals surface area contributed by atoms with Gasteiger partial charge in [0.1, 0.15) is 0 Å². The molecule has 0 spiro atoms. The van der Waals surface area contributed by atoms with Gasteiger partial charge in [0.15, 0.2) is 5.65 Å². The Balaban J connectivity index is 1.69. The van der Waals surface area contributed by atoms with Crippen LogP contribution < -0.4 is 5.69 Å². The molecule has 7 heteroatoms. The lowest BCUT2D eigenvalue weighted by Gasteiger charge is -2.32. The molecule has 0 aliphatic carbocycles.